The SMILES string of the molecule is [N-]=[N+]=NCCOCCOCCNC(=O)CCCCCCCCCCCCCCC(=O)O. The van der Waals surface area contributed by atoms with Crippen molar-refractivity contribution in [3.8, 4) is 0 Å². The lowest BCUT2D eigenvalue weighted by Crippen LogP contribution is -2.27. The fraction of sp³-hybridized carbons (Fsp3) is 0.909. The average molecular weight is 443 g/mol. The minimum atomic E-state index is -0.690. The van der Waals surface area contributed by atoms with Crippen molar-refractivity contribution >= 4 is 11.9 Å². The lowest BCUT2D eigenvalue weighted by molar-refractivity contribution is -0.137. The highest BCUT2D eigenvalue weighted by molar-refractivity contribution is 5.75. The summed E-state index contributed by atoms with van der Waals surface area (Å²) >= 11 is 0. The molecule has 0 spiro atoms. The monoisotopic (exact) mass is 442 g/mol. The van der Waals surface area contributed by atoms with Crippen molar-refractivity contribution in [1.29, 1.82) is 0 Å². The van der Waals surface area contributed by atoms with Gasteiger partial charge in [-0.25, -0.2) is 0 Å². The number of nitrogens with one attached hydrogen (secondary N) is 1. The summed E-state index contributed by atoms with van der Waals surface area (Å²) in [6.07, 6.45) is 14.6. The molecular formula is C22H42N4O5. The number of carbonyl (C=O) groups is 2. The van der Waals surface area contributed by atoms with Gasteiger partial charge in [-0.3, -0.25) is 9.59 Å². The predicted molar refractivity (Wildman–Crippen MR) is 121 cm³/mol. The lowest BCUT2D eigenvalue weighted by atomic mass is 10.0. The van der Waals surface area contributed by atoms with Crippen LogP contribution in [0.1, 0.15) is 89.9 Å². The van der Waals surface area contributed by atoms with Gasteiger partial charge in [0, 0.05) is 30.8 Å². The van der Waals surface area contributed by atoms with E-state index in [0.717, 1.165) is 32.1 Å². The van der Waals surface area contributed by atoms with Crippen molar-refractivity contribution in [3.63, 3.8) is 0 Å². The van der Waals surface area contributed by atoms with Crippen molar-refractivity contribution in [1.82, 2.24) is 5.32 Å². The van der Waals surface area contributed by atoms with Crippen LogP contribution in [0, 0.1) is 0 Å². The van der Waals surface area contributed by atoms with Crippen molar-refractivity contribution in [2.24, 2.45) is 5.11 Å². The minimum absolute atomic E-state index is 0.0811. The number of carboxylic acids is 1. The molecular weight excluding hydrogens is 400 g/mol. The molecule has 9 nitrogen and oxygen atoms in total. The Hall–Kier alpha value is -1.83. The van der Waals surface area contributed by atoms with Gasteiger partial charge in [-0.1, -0.05) is 69.3 Å². The van der Waals surface area contributed by atoms with E-state index in [0.29, 0.717) is 52.4 Å². The summed E-state index contributed by atoms with van der Waals surface area (Å²) in [4.78, 5) is 24.8. The quantitative estimate of drug-likeness (QED) is 0.0939. The maximum absolute atomic E-state index is 11.8. The molecule has 0 saturated heterocycles. The minimum Gasteiger partial charge on any atom is -0.481 e. The van der Waals surface area contributed by atoms with Gasteiger partial charge in [-0.15, -0.1) is 0 Å². The molecule has 31 heavy (non-hydrogen) atoms. The molecule has 0 aromatic carbocycles. The summed E-state index contributed by atoms with van der Waals surface area (Å²) < 4.78 is 10.6. The molecule has 0 bridgehead atoms. The van der Waals surface area contributed by atoms with E-state index < -0.39 is 5.97 Å². The zero-order valence-electron chi connectivity index (χ0n) is 19.1. The predicted octanol–water partition coefficient (Wildman–Crippen LogP) is 4.99. The first-order valence-corrected chi connectivity index (χ1v) is 11.8. The molecule has 0 fully saturated rings. The third-order valence-corrected chi connectivity index (χ3v) is 4.88. The molecule has 0 aliphatic heterocycles. The molecule has 2 N–H and O–H groups in total. The average Bonchev–Trinajstić information content (AvgIpc) is 2.75. The van der Waals surface area contributed by atoms with Gasteiger partial charge in [0.2, 0.25) is 5.91 Å². The number of carboxylic acid groups (broad SMARTS) is 1. The number of azide groups is 1. The second kappa shape index (κ2) is 24.4. The Morgan fingerprint density at radius 2 is 1.23 bits per heavy atom. The zero-order chi connectivity index (χ0) is 22.8. The number of amides is 1. The summed E-state index contributed by atoms with van der Waals surface area (Å²) in [5.41, 5.74) is 8.11. The Labute approximate surface area is 186 Å². The van der Waals surface area contributed by atoms with Crippen LogP contribution in [0.4, 0.5) is 0 Å². The molecule has 0 aliphatic rings. The molecule has 0 aromatic rings. The van der Waals surface area contributed by atoms with E-state index >= 15 is 0 Å². The Kier molecular flexibility index (Phi) is 23.0. The molecule has 0 aliphatic carbocycles. The van der Waals surface area contributed by atoms with Gasteiger partial charge >= 0.3 is 5.97 Å². The van der Waals surface area contributed by atoms with Gasteiger partial charge < -0.3 is 19.9 Å². The van der Waals surface area contributed by atoms with Crippen molar-refractivity contribution in [2.45, 2.75) is 89.9 Å². The van der Waals surface area contributed by atoms with Crippen LogP contribution in [0.5, 0.6) is 0 Å². The first kappa shape index (κ1) is 29.2. The highest BCUT2D eigenvalue weighted by Crippen LogP contribution is 2.13. The number of nitrogens with zero attached hydrogens (tertiary/aromatic N) is 3. The lowest BCUT2D eigenvalue weighted by Gasteiger charge is -2.07. The summed E-state index contributed by atoms with van der Waals surface area (Å²) in [5.74, 6) is -0.609. The number of ether oxygens (including phenoxy) is 2. The molecule has 0 rings (SSSR count). The molecule has 9 heteroatoms. The number of carbonyl (C=O) groups excluding carboxylic acids is 1. The van der Waals surface area contributed by atoms with Gasteiger partial charge in [0.1, 0.15) is 0 Å². The largest absolute Gasteiger partial charge is 0.481 e. The van der Waals surface area contributed by atoms with E-state index in [1.54, 1.807) is 0 Å². The molecule has 0 radical (unpaired) electrons. The number of aliphatic carboxylic acids is 1. The van der Waals surface area contributed by atoms with E-state index in [2.05, 4.69) is 15.3 Å². The van der Waals surface area contributed by atoms with Crippen LogP contribution in [0.3, 0.4) is 0 Å². The Morgan fingerprint density at radius 3 is 1.74 bits per heavy atom. The maximum Gasteiger partial charge on any atom is 0.303 e. The van der Waals surface area contributed by atoms with Crippen molar-refractivity contribution < 1.29 is 24.2 Å². The summed E-state index contributed by atoms with van der Waals surface area (Å²) in [5, 5.41) is 14.8. The van der Waals surface area contributed by atoms with Crippen LogP contribution < -0.4 is 5.32 Å². The molecule has 180 valence electrons. The normalized spacial score (nSPS) is 10.6. The summed E-state index contributed by atoms with van der Waals surface area (Å²) in [7, 11) is 0. The fourth-order valence-electron chi connectivity index (χ4n) is 3.15. The van der Waals surface area contributed by atoms with Gasteiger partial charge in [0.25, 0.3) is 0 Å². The van der Waals surface area contributed by atoms with Crippen molar-refractivity contribution in [2.75, 3.05) is 39.5 Å². The molecule has 1 amide bonds. The van der Waals surface area contributed by atoms with E-state index in [9.17, 15) is 9.59 Å². The zero-order valence-corrected chi connectivity index (χ0v) is 19.1. The number of hydrogen-bond donors (Lipinski definition) is 2. The molecule has 0 aromatic heterocycles. The topological polar surface area (TPSA) is 134 Å². The maximum atomic E-state index is 11.8. The number of rotatable bonds is 24. The van der Waals surface area contributed by atoms with Gasteiger partial charge in [0.15, 0.2) is 0 Å². The Balaban J connectivity index is 3.17. The van der Waals surface area contributed by atoms with Crippen LogP contribution >= 0.6 is 0 Å². The van der Waals surface area contributed by atoms with Crippen LogP contribution in [-0.4, -0.2) is 56.5 Å². The molecule has 0 atom stereocenters. The third-order valence-electron chi connectivity index (χ3n) is 4.88. The van der Waals surface area contributed by atoms with Gasteiger partial charge in [-0.2, -0.15) is 0 Å². The standard InChI is InChI=1S/C22H42N4O5/c23-26-25-16-18-31-20-19-30-17-15-24-21(27)13-11-9-7-5-3-1-2-4-6-8-10-12-14-22(28)29/h1-20H2,(H,24,27)(H,28,29). The highest BCUT2D eigenvalue weighted by atomic mass is 16.5. The van der Waals surface area contributed by atoms with Gasteiger partial charge in [-0.05, 0) is 18.4 Å². The summed E-state index contributed by atoms with van der Waals surface area (Å²) in [6.45, 7) is 2.60. The smallest absolute Gasteiger partial charge is 0.303 e. The number of unbranched alkanes of at least 4 members (excludes halogenated alkanes) is 11. The van der Waals surface area contributed by atoms with Crippen LogP contribution in [-0.2, 0) is 19.1 Å². The second-order valence-electron chi connectivity index (χ2n) is 7.67. The first-order chi connectivity index (χ1) is 15.2. The fourth-order valence-corrected chi connectivity index (χ4v) is 3.15. The first-order valence-electron chi connectivity index (χ1n) is 11.8. The van der Waals surface area contributed by atoms with Crippen LogP contribution in [0.2, 0.25) is 0 Å². The highest BCUT2D eigenvalue weighted by Gasteiger charge is 2.01. The van der Waals surface area contributed by atoms with Crippen molar-refractivity contribution in [3.05, 3.63) is 10.4 Å². The van der Waals surface area contributed by atoms with E-state index in [-0.39, 0.29) is 5.91 Å². The Morgan fingerprint density at radius 1 is 0.742 bits per heavy atom. The van der Waals surface area contributed by atoms with E-state index in [1.807, 2.05) is 0 Å². The third kappa shape index (κ3) is 26.1. The van der Waals surface area contributed by atoms with Gasteiger partial charge in [0.05, 0.1) is 26.4 Å². The summed E-state index contributed by atoms with van der Waals surface area (Å²) in [6, 6.07) is 0. The van der Waals surface area contributed by atoms with E-state index in [1.165, 1.54) is 44.9 Å². The Bertz CT molecular complexity index is 485. The second-order valence-corrected chi connectivity index (χ2v) is 7.67. The number of hydrogen-bond acceptors (Lipinski definition) is 5. The molecule has 0 heterocycles. The van der Waals surface area contributed by atoms with E-state index in [4.69, 9.17) is 20.1 Å². The van der Waals surface area contributed by atoms with Crippen LogP contribution in [0.15, 0.2) is 5.11 Å². The molecule has 0 unspecified atom stereocenters. The molecule has 0 saturated carbocycles. The van der Waals surface area contributed by atoms with Crippen LogP contribution in [0.25, 0.3) is 10.4 Å².